The highest BCUT2D eigenvalue weighted by Gasteiger charge is 2.10. The van der Waals surface area contributed by atoms with Crippen LogP contribution < -0.4 is 5.32 Å². The number of hydrogen-bond acceptors (Lipinski definition) is 3. The number of nitrogens with zero attached hydrogens (tertiary/aromatic N) is 1. The Hall–Kier alpha value is -0.910. The molecule has 6 heteroatoms. The van der Waals surface area contributed by atoms with Crippen molar-refractivity contribution in [3.8, 4) is 0 Å². The quantitative estimate of drug-likeness (QED) is 0.918. The second-order valence-electron chi connectivity index (χ2n) is 2.77. The number of hydrogen-bond donors (Lipinski definition) is 1. The van der Waals surface area contributed by atoms with Crippen LogP contribution in [0, 0.1) is 0 Å². The zero-order chi connectivity index (χ0) is 10.7. The first kappa shape index (κ1) is 13.2. The maximum absolute atomic E-state index is 11.7. The fourth-order valence-electron chi connectivity index (χ4n) is 1.09. The molecule has 3 nitrogen and oxygen atoms in total. The van der Waals surface area contributed by atoms with E-state index < -0.39 is 0 Å². The van der Waals surface area contributed by atoms with Gasteiger partial charge in [-0.25, -0.2) is 4.98 Å². The van der Waals surface area contributed by atoms with Crippen LogP contribution >= 0.6 is 39.9 Å². The van der Waals surface area contributed by atoms with Crippen LogP contribution in [-0.2, 0) is 0 Å². The van der Waals surface area contributed by atoms with Crippen molar-refractivity contribution in [2.75, 3.05) is 5.32 Å². The molecule has 16 heavy (non-hydrogen) atoms. The van der Waals surface area contributed by atoms with E-state index >= 15 is 0 Å². The van der Waals surface area contributed by atoms with Crippen LogP contribution in [0.25, 0.3) is 0 Å². The maximum Gasteiger partial charge on any atom is 0.258 e. The summed E-state index contributed by atoms with van der Waals surface area (Å²) in [7, 11) is 0. The van der Waals surface area contributed by atoms with Gasteiger partial charge in [-0.05, 0) is 12.1 Å². The van der Waals surface area contributed by atoms with Crippen molar-refractivity contribution < 1.29 is 4.79 Å². The van der Waals surface area contributed by atoms with Gasteiger partial charge in [0.05, 0.1) is 10.6 Å². The smallest absolute Gasteiger partial charge is 0.258 e. The molecule has 1 heterocycles. The van der Waals surface area contributed by atoms with Gasteiger partial charge in [0, 0.05) is 11.6 Å². The van der Waals surface area contributed by atoms with Gasteiger partial charge in [-0.1, -0.05) is 23.7 Å². The Morgan fingerprint density at radius 1 is 1.38 bits per heavy atom. The molecule has 2 rings (SSSR count). The Morgan fingerprint density at radius 3 is 2.75 bits per heavy atom. The van der Waals surface area contributed by atoms with Crippen molar-refractivity contribution in [1.82, 2.24) is 4.98 Å². The predicted molar refractivity (Wildman–Crippen MR) is 71.8 cm³/mol. The number of nitrogens with one attached hydrogen (secondary N) is 1. The molecule has 0 unspecified atom stereocenters. The molecular formula is C10H8BrClN2OS. The summed E-state index contributed by atoms with van der Waals surface area (Å²) in [6, 6.07) is 6.90. The van der Waals surface area contributed by atoms with Crippen molar-refractivity contribution in [3.63, 3.8) is 0 Å². The summed E-state index contributed by atoms with van der Waals surface area (Å²) in [5.41, 5.74) is 0.453. The van der Waals surface area contributed by atoms with Crippen molar-refractivity contribution in [3.05, 3.63) is 46.4 Å². The molecule has 1 aromatic heterocycles. The lowest BCUT2D eigenvalue weighted by Crippen LogP contribution is -2.11. The van der Waals surface area contributed by atoms with E-state index in [4.69, 9.17) is 11.6 Å². The molecule has 2 aromatic rings. The number of anilines is 1. The Bertz CT molecular complexity index is 475. The highest BCUT2D eigenvalue weighted by atomic mass is 79.9. The Balaban J connectivity index is 0.00000128. The van der Waals surface area contributed by atoms with Crippen LogP contribution in [0.15, 0.2) is 35.8 Å². The monoisotopic (exact) mass is 318 g/mol. The van der Waals surface area contributed by atoms with E-state index in [0.29, 0.717) is 15.7 Å². The van der Waals surface area contributed by atoms with Crippen molar-refractivity contribution in [1.29, 1.82) is 0 Å². The van der Waals surface area contributed by atoms with Crippen molar-refractivity contribution >= 4 is 51.0 Å². The fourth-order valence-corrected chi connectivity index (χ4v) is 1.84. The summed E-state index contributed by atoms with van der Waals surface area (Å²) < 4.78 is 0. The molecule has 0 fully saturated rings. The first-order valence-corrected chi connectivity index (χ1v) is 5.48. The summed E-state index contributed by atoms with van der Waals surface area (Å²) in [5.74, 6) is -0.240. The third kappa shape index (κ3) is 3.04. The third-order valence-electron chi connectivity index (χ3n) is 1.77. The second kappa shape index (κ2) is 5.98. The van der Waals surface area contributed by atoms with Crippen LogP contribution in [0.5, 0.6) is 0 Å². The van der Waals surface area contributed by atoms with Crippen LogP contribution in [0.3, 0.4) is 0 Å². The van der Waals surface area contributed by atoms with E-state index in [1.165, 1.54) is 11.3 Å². The summed E-state index contributed by atoms with van der Waals surface area (Å²) >= 11 is 7.25. The lowest BCUT2D eigenvalue weighted by atomic mass is 10.2. The third-order valence-corrected chi connectivity index (χ3v) is 2.79. The molecule has 0 atom stereocenters. The van der Waals surface area contributed by atoms with Gasteiger partial charge < -0.3 is 0 Å². The molecule has 0 aliphatic heterocycles. The number of halogens is 2. The van der Waals surface area contributed by atoms with Gasteiger partial charge >= 0.3 is 0 Å². The number of carbonyl (C=O) groups is 1. The summed E-state index contributed by atoms with van der Waals surface area (Å²) in [6.07, 6.45) is 1.63. The minimum absolute atomic E-state index is 0. The first-order chi connectivity index (χ1) is 7.27. The van der Waals surface area contributed by atoms with E-state index in [9.17, 15) is 4.79 Å². The molecule has 84 valence electrons. The van der Waals surface area contributed by atoms with Gasteiger partial charge in [-0.3, -0.25) is 10.1 Å². The molecule has 0 bridgehead atoms. The molecule has 0 saturated heterocycles. The molecule has 1 N–H and O–H groups in total. The number of rotatable bonds is 2. The average molecular weight is 320 g/mol. The lowest BCUT2D eigenvalue weighted by molar-refractivity contribution is 0.102. The van der Waals surface area contributed by atoms with Crippen LogP contribution in [0.1, 0.15) is 10.4 Å². The van der Waals surface area contributed by atoms with Crippen molar-refractivity contribution in [2.45, 2.75) is 0 Å². The van der Waals surface area contributed by atoms with Gasteiger partial charge in [0.1, 0.15) is 0 Å². The number of amides is 1. The Morgan fingerprint density at radius 2 is 2.12 bits per heavy atom. The van der Waals surface area contributed by atoms with Gasteiger partial charge in [-0.15, -0.1) is 28.3 Å². The highest BCUT2D eigenvalue weighted by molar-refractivity contribution is 8.93. The predicted octanol–water partition coefficient (Wildman–Crippen LogP) is 3.63. The molecule has 0 spiro atoms. The van der Waals surface area contributed by atoms with Crippen molar-refractivity contribution in [2.24, 2.45) is 0 Å². The van der Waals surface area contributed by atoms with Crippen LogP contribution in [-0.4, -0.2) is 10.9 Å². The minimum atomic E-state index is -0.240. The SMILES string of the molecule is Br.O=C(Nc1nccs1)c1ccccc1Cl. The van der Waals surface area contributed by atoms with Gasteiger partial charge in [0.25, 0.3) is 5.91 Å². The molecule has 1 aromatic carbocycles. The molecule has 0 radical (unpaired) electrons. The lowest BCUT2D eigenvalue weighted by Gasteiger charge is -2.02. The summed E-state index contributed by atoms with van der Waals surface area (Å²) in [6.45, 7) is 0. The van der Waals surface area contributed by atoms with Gasteiger partial charge in [-0.2, -0.15) is 0 Å². The van der Waals surface area contributed by atoms with Crippen LogP contribution in [0.2, 0.25) is 5.02 Å². The van der Waals surface area contributed by atoms with E-state index in [-0.39, 0.29) is 22.9 Å². The molecule has 0 aliphatic rings. The normalized spacial score (nSPS) is 9.31. The second-order valence-corrected chi connectivity index (χ2v) is 4.07. The number of thiazole rings is 1. The first-order valence-electron chi connectivity index (χ1n) is 4.23. The Labute approximate surface area is 112 Å². The molecule has 1 amide bonds. The highest BCUT2D eigenvalue weighted by Crippen LogP contribution is 2.17. The standard InChI is InChI=1S/C10H7ClN2OS.BrH/c11-8-4-2-1-3-7(8)9(14)13-10-12-5-6-15-10;/h1-6H,(H,12,13,14);1H. The minimum Gasteiger partial charge on any atom is -0.298 e. The Kier molecular flexibility index (Phi) is 4.92. The molecular weight excluding hydrogens is 312 g/mol. The summed E-state index contributed by atoms with van der Waals surface area (Å²) in [5, 5.41) is 5.46. The largest absolute Gasteiger partial charge is 0.298 e. The fraction of sp³-hybridized carbons (Fsp3) is 0. The summed E-state index contributed by atoms with van der Waals surface area (Å²) in [4.78, 5) is 15.7. The molecule has 0 aliphatic carbocycles. The maximum atomic E-state index is 11.7. The van der Waals surface area contributed by atoms with E-state index in [1.807, 2.05) is 0 Å². The zero-order valence-electron chi connectivity index (χ0n) is 8.01. The number of benzene rings is 1. The topological polar surface area (TPSA) is 42.0 Å². The van der Waals surface area contributed by atoms with Gasteiger partial charge in [0.15, 0.2) is 5.13 Å². The van der Waals surface area contributed by atoms with Gasteiger partial charge in [0.2, 0.25) is 0 Å². The number of carbonyl (C=O) groups excluding carboxylic acids is 1. The average Bonchev–Trinajstić information content (AvgIpc) is 2.71. The van der Waals surface area contributed by atoms with E-state index in [1.54, 1.807) is 35.8 Å². The van der Waals surface area contributed by atoms with E-state index in [2.05, 4.69) is 10.3 Å². The number of aromatic nitrogens is 1. The molecule has 0 saturated carbocycles. The van der Waals surface area contributed by atoms with E-state index in [0.717, 1.165) is 0 Å². The van der Waals surface area contributed by atoms with Crippen LogP contribution in [0.4, 0.5) is 5.13 Å². The zero-order valence-corrected chi connectivity index (χ0v) is 11.3.